The van der Waals surface area contributed by atoms with E-state index in [4.69, 9.17) is 0 Å². The molecule has 150 valence electrons. The van der Waals surface area contributed by atoms with Gasteiger partial charge in [-0.2, -0.15) is 10.1 Å². The number of fused-ring (bicyclic) bond motifs is 3. The van der Waals surface area contributed by atoms with Crippen molar-refractivity contribution in [1.82, 2.24) is 18.7 Å². The second-order valence-electron chi connectivity index (χ2n) is 7.51. The monoisotopic (exact) mass is 392 g/mol. The van der Waals surface area contributed by atoms with Crippen molar-refractivity contribution in [1.29, 1.82) is 0 Å². The summed E-state index contributed by atoms with van der Waals surface area (Å²) in [5, 5.41) is 6.36. The number of imidazole rings is 1. The van der Waals surface area contributed by atoms with Crippen LogP contribution >= 0.6 is 0 Å². The van der Waals surface area contributed by atoms with Gasteiger partial charge in [0.25, 0.3) is 5.56 Å². The highest BCUT2D eigenvalue weighted by Crippen LogP contribution is 2.25. The Bertz CT molecular complexity index is 1240. The number of nitrogens with zero attached hydrogens (tertiary/aromatic N) is 6. The van der Waals surface area contributed by atoms with Gasteiger partial charge >= 0.3 is 5.69 Å². The third kappa shape index (κ3) is 3.20. The average Bonchev–Trinajstić information content (AvgIpc) is 3.08. The molecule has 0 aliphatic carbocycles. The number of allylic oxidation sites excluding steroid dienone is 1. The van der Waals surface area contributed by atoms with Gasteiger partial charge in [-0.05, 0) is 26.3 Å². The smallest absolute Gasteiger partial charge is 0.297 e. The Morgan fingerprint density at radius 2 is 1.90 bits per heavy atom. The number of anilines is 1. The SMILES string of the molecule is CC1=NN(C(C)C)c2nc3c(c(=O)n(C/C=C\c4ccccc4)c(=O)n3C)n2C1. The molecule has 4 rings (SSSR count). The van der Waals surface area contributed by atoms with E-state index in [2.05, 4.69) is 10.1 Å². The fourth-order valence-electron chi connectivity index (χ4n) is 3.54. The molecule has 8 nitrogen and oxygen atoms in total. The quantitative estimate of drug-likeness (QED) is 0.682. The molecule has 0 saturated heterocycles. The van der Waals surface area contributed by atoms with Crippen LogP contribution < -0.4 is 16.3 Å². The standard InChI is InChI=1S/C21H24N6O2/c1-14(2)27-20-22-18-17(26(20)13-15(3)23-27)19(28)25(21(29)24(18)4)12-8-11-16-9-6-5-7-10-16/h5-11,14H,12-13H2,1-4H3/b11-8-. The average molecular weight is 392 g/mol. The molecule has 0 unspecified atom stereocenters. The Kier molecular flexibility index (Phi) is 4.70. The number of benzene rings is 1. The zero-order valence-corrected chi connectivity index (χ0v) is 17.0. The number of aromatic nitrogens is 4. The van der Waals surface area contributed by atoms with E-state index in [-0.39, 0.29) is 23.8 Å². The molecule has 3 heterocycles. The largest absolute Gasteiger partial charge is 0.332 e. The zero-order valence-electron chi connectivity index (χ0n) is 17.0. The van der Waals surface area contributed by atoms with Crippen molar-refractivity contribution in [2.45, 2.75) is 39.9 Å². The first-order valence-corrected chi connectivity index (χ1v) is 9.63. The molecule has 0 saturated carbocycles. The van der Waals surface area contributed by atoms with Gasteiger partial charge in [-0.3, -0.25) is 18.5 Å². The van der Waals surface area contributed by atoms with Crippen LogP contribution in [0.5, 0.6) is 0 Å². The molecule has 1 aliphatic heterocycles. The van der Waals surface area contributed by atoms with Gasteiger partial charge in [0, 0.05) is 13.6 Å². The fraction of sp³-hybridized carbons (Fsp3) is 0.333. The minimum atomic E-state index is -0.385. The van der Waals surface area contributed by atoms with E-state index in [1.165, 1.54) is 9.13 Å². The molecule has 0 N–H and O–H groups in total. The van der Waals surface area contributed by atoms with Crippen LogP contribution in [-0.2, 0) is 20.1 Å². The third-order valence-corrected chi connectivity index (χ3v) is 4.97. The van der Waals surface area contributed by atoms with Crippen molar-refractivity contribution in [2.24, 2.45) is 12.1 Å². The van der Waals surface area contributed by atoms with E-state index in [0.717, 1.165) is 11.3 Å². The minimum Gasteiger partial charge on any atom is -0.297 e. The van der Waals surface area contributed by atoms with Crippen LogP contribution in [0.2, 0.25) is 0 Å². The Labute approximate surface area is 168 Å². The van der Waals surface area contributed by atoms with Crippen LogP contribution in [0.4, 0.5) is 5.95 Å². The summed E-state index contributed by atoms with van der Waals surface area (Å²) in [6.45, 7) is 6.61. The number of hydrogen-bond acceptors (Lipinski definition) is 5. The van der Waals surface area contributed by atoms with Gasteiger partial charge in [0.15, 0.2) is 11.2 Å². The highest BCUT2D eigenvalue weighted by Gasteiger charge is 2.27. The van der Waals surface area contributed by atoms with E-state index < -0.39 is 0 Å². The Balaban J connectivity index is 1.84. The molecular formula is C21H24N6O2. The van der Waals surface area contributed by atoms with Crippen molar-refractivity contribution >= 4 is 28.9 Å². The maximum absolute atomic E-state index is 13.3. The molecule has 0 bridgehead atoms. The van der Waals surface area contributed by atoms with Gasteiger partial charge in [-0.25, -0.2) is 9.80 Å². The van der Waals surface area contributed by atoms with Crippen molar-refractivity contribution in [3.8, 4) is 0 Å². The molecule has 1 aliphatic rings. The van der Waals surface area contributed by atoms with Crippen LogP contribution in [-0.4, -0.2) is 30.4 Å². The summed E-state index contributed by atoms with van der Waals surface area (Å²) in [5.74, 6) is 0.588. The maximum atomic E-state index is 13.3. The van der Waals surface area contributed by atoms with Crippen molar-refractivity contribution in [3.05, 3.63) is 62.8 Å². The first-order chi connectivity index (χ1) is 13.9. The summed E-state index contributed by atoms with van der Waals surface area (Å²) in [4.78, 5) is 30.7. The molecule has 0 fully saturated rings. The van der Waals surface area contributed by atoms with Gasteiger partial charge in [0.05, 0.1) is 18.3 Å². The molecule has 0 amide bonds. The molecule has 0 radical (unpaired) electrons. The van der Waals surface area contributed by atoms with Gasteiger partial charge in [0.2, 0.25) is 5.95 Å². The summed E-state index contributed by atoms with van der Waals surface area (Å²) in [6.07, 6.45) is 3.73. The molecule has 3 aromatic rings. The summed E-state index contributed by atoms with van der Waals surface area (Å²) in [7, 11) is 1.65. The van der Waals surface area contributed by atoms with Crippen LogP contribution in [0.1, 0.15) is 26.3 Å². The Morgan fingerprint density at radius 3 is 2.59 bits per heavy atom. The van der Waals surface area contributed by atoms with E-state index in [0.29, 0.717) is 23.7 Å². The van der Waals surface area contributed by atoms with E-state index in [9.17, 15) is 9.59 Å². The maximum Gasteiger partial charge on any atom is 0.332 e. The van der Waals surface area contributed by atoms with Crippen molar-refractivity contribution < 1.29 is 0 Å². The summed E-state index contributed by atoms with van der Waals surface area (Å²) in [6, 6.07) is 9.85. The van der Waals surface area contributed by atoms with Crippen LogP contribution in [0.15, 0.2) is 51.1 Å². The first-order valence-electron chi connectivity index (χ1n) is 9.63. The predicted octanol–water partition coefficient (Wildman–Crippen LogP) is 2.21. The van der Waals surface area contributed by atoms with Gasteiger partial charge < -0.3 is 0 Å². The highest BCUT2D eigenvalue weighted by molar-refractivity contribution is 5.87. The lowest BCUT2D eigenvalue weighted by Gasteiger charge is -2.27. The molecule has 0 spiro atoms. The van der Waals surface area contributed by atoms with Crippen molar-refractivity contribution in [2.75, 3.05) is 5.01 Å². The third-order valence-electron chi connectivity index (χ3n) is 4.97. The zero-order chi connectivity index (χ0) is 20.7. The first kappa shape index (κ1) is 18.9. The number of hydrogen-bond donors (Lipinski definition) is 0. The van der Waals surface area contributed by atoms with Crippen molar-refractivity contribution in [3.63, 3.8) is 0 Å². The fourth-order valence-corrected chi connectivity index (χ4v) is 3.54. The molecule has 2 aromatic heterocycles. The second kappa shape index (κ2) is 7.20. The minimum absolute atomic E-state index is 0.0777. The van der Waals surface area contributed by atoms with Gasteiger partial charge in [-0.1, -0.05) is 42.5 Å². The van der Waals surface area contributed by atoms with E-state index in [1.807, 2.05) is 67.8 Å². The molecule has 0 atom stereocenters. The van der Waals surface area contributed by atoms with E-state index in [1.54, 1.807) is 12.1 Å². The number of aryl methyl sites for hydroxylation is 1. The lowest BCUT2D eigenvalue weighted by Crippen LogP contribution is -2.40. The summed E-state index contributed by atoms with van der Waals surface area (Å²) < 4.78 is 4.54. The molecule has 1 aromatic carbocycles. The van der Waals surface area contributed by atoms with Crippen LogP contribution in [0.25, 0.3) is 17.2 Å². The number of hydrazone groups is 1. The number of rotatable bonds is 4. The van der Waals surface area contributed by atoms with Gasteiger partial charge in [-0.15, -0.1) is 0 Å². The second-order valence-corrected chi connectivity index (χ2v) is 7.51. The Hall–Kier alpha value is -3.42. The normalized spacial score (nSPS) is 14.1. The van der Waals surface area contributed by atoms with E-state index >= 15 is 0 Å². The Morgan fingerprint density at radius 1 is 1.17 bits per heavy atom. The lowest BCUT2D eigenvalue weighted by atomic mass is 10.2. The van der Waals surface area contributed by atoms with Crippen LogP contribution in [0, 0.1) is 0 Å². The highest BCUT2D eigenvalue weighted by atomic mass is 16.2. The summed E-state index contributed by atoms with van der Waals surface area (Å²) >= 11 is 0. The molecule has 8 heteroatoms. The van der Waals surface area contributed by atoms with Crippen LogP contribution in [0.3, 0.4) is 0 Å². The molecular weight excluding hydrogens is 368 g/mol. The topological polar surface area (TPSA) is 77.4 Å². The lowest BCUT2D eigenvalue weighted by molar-refractivity contribution is 0.642. The summed E-state index contributed by atoms with van der Waals surface area (Å²) in [5.41, 5.74) is 1.99. The predicted molar refractivity (Wildman–Crippen MR) is 115 cm³/mol. The van der Waals surface area contributed by atoms with Gasteiger partial charge in [0.1, 0.15) is 0 Å². The molecule has 29 heavy (non-hydrogen) atoms.